The lowest BCUT2D eigenvalue weighted by atomic mass is 10.0. The normalized spacial score (nSPS) is 34.1. The van der Waals surface area contributed by atoms with E-state index >= 15 is 0 Å². The summed E-state index contributed by atoms with van der Waals surface area (Å²) >= 11 is 2.05. The number of halogens is 1. The number of hydrogen-bond acceptors (Lipinski definition) is 3. The van der Waals surface area contributed by atoms with E-state index in [1.54, 1.807) is 0 Å². The summed E-state index contributed by atoms with van der Waals surface area (Å²) in [5.41, 5.74) is 5.90. The molecule has 0 aliphatic heterocycles. The van der Waals surface area contributed by atoms with Gasteiger partial charge in [0, 0.05) is 30.3 Å². The number of hydrogen-bond donors (Lipinski definition) is 1. The summed E-state index contributed by atoms with van der Waals surface area (Å²) < 4.78 is 0. The van der Waals surface area contributed by atoms with Gasteiger partial charge in [0.1, 0.15) is 0 Å². The molecule has 0 radical (unpaired) electrons. The summed E-state index contributed by atoms with van der Waals surface area (Å²) in [7, 11) is 2.00. The first-order valence-electron chi connectivity index (χ1n) is 7.25. The van der Waals surface area contributed by atoms with Crippen LogP contribution in [0.1, 0.15) is 45.4 Å². The third-order valence-electron chi connectivity index (χ3n) is 4.48. The molecule has 2 aliphatic rings. The monoisotopic (exact) mass is 306 g/mol. The lowest BCUT2D eigenvalue weighted by Gasteiger charge is -2.27. The second-order valence-electron chi connectivity index (χ2n) is 5.76. The van der Waals surface area contributed by atoms with Crippen LogP contribution in [0.3, 0.4) is 0 Å². The van der Waals surface area contributed by atoms with E-state index in [1.807, 2.05) is 23.7 Å². The van der Waals surface area contributed by atoms with E-state index in [4.69, 9.17) is 5.73 Å². The van der Waals surface area contributed by atoms with Gasteiger partial charge in [-0.25, -0.2) is 0 Å². The molecule has 2 fully saturated rings. The molecule has 5 heteroatoms. The van der Waals surface area contributed by atoms with Gasteiger partial charge in [0.15, 0.2) is 0 Å². The first-order chi connectivity index (χ1) is 8.61. The molecule has 3 nitrogen and oxygen atoms in total. The molecule has 112 valence electrons. The fourth-order valence-corrected chi connectivity index (χ4v) is 4.50. The highest BCUT2D eigenvalue weighted by atomic mass is 35.5. The number of thioether (sulfide) groups is 1. The Balaban J connectivity index is 0.00000180. The highest BCUT2D eigenvalue weighted by Crippen LogP contribution is 2.34. The summed E-state index contributed by atoms with van der Waals surface area (Å²) in [4.78, 5) is 14.4. The predicted octanol–water partition coefficient (Wildman–Crippen LogP) is 2.67. The molecule has 1 amide bonds. The lowest BCUT2D eigenvalue weighted by molar-refractivity contribution is -0.136. The van der Waals surface area contributed by atoms with E-state index in [0.717, 1.165) is 24.5 Å². The molecule has 0 bridgehead atoms. The van der Waals surface area contributed by atoms with Crippen LogP contribution >= 0.6 is 24.2 Å². The third kappa shape index (κ3) is 4.27. The fraction of sp³-hybridized carbons (Fsp3) is 0.929. The van der Waals surface area contributed by atoms with Crippen molar-refractivity contribution in [2.45, 2.75) is 62.8 Å². The van der Waals surface area contributed by atoms with Crippen LogP contribution in [0, 0.1) is 5.92 Å². The predicted molar refractivity (Wildman–Crippen MR) is 84.9 cm³/mol. The van der Waals surface area contributed by atoms with E-state index in [9.17, 15) is 4.79 Å². The van der Waals surface area contributed by atoms with Gasteiger partial charge in [-0.15, -0.1) is 12.4 Å². The van der Waals surface area contributed by atoms with Crippen LogP contribution in [0.25, 0.3) is 0 Å². The Kier molecular flexibility index (Phi) is 6.98. The molecule has 4 unspecified atom stereocenters. The van der Waals surface area contributed by atoms with Crippen LogP contribution in [-0.2, 0) is 4.79 Å². The molecule has 2 saturated carbocycles. The highest BCUT2D eigenvalue weighted by molar-refractivity contribution is 7.99. The first kappa shape index (κ1) is 17.1. The van der Waals surface area contributed by atoms with Crippen molar-refractivity contribution in [3.8, 4) is 0 Å². The van der Waals surface area contributed by atoms with Crippen LogP contribution < -0.4 is 5.73 Å². The van der Waals surface area contributed by atoms with Crippen LogP contribution in [0.4, 0.5) is 0 Å². The Morgan fingerprint density at radius 3 is 2.58 bits per heavy atom. The Morgan fingerprint density at radius 2 is 2.00 bits per heavy atom. The van der Waals surface area contributed by atoms with Crippen molar-refractivity contribution in [1.29, 1.82) is 0 Å². The summed E-state index contributed by atoms with van der Waals surface area (Å²) in [5.74, 6) is 1.73. The molecule has 19 heavy (non-hydrogen) atoms. The van der Waals surface area contributed by atoms with Crippen LogP contribution in [-0.4, -0.2) is 40.9 Å². The molecule has 4 atom stereocenters. The smallest absolute Gasteiger partial charge is 0.225 e. The van der Waals surface area contributed by atoms with E-state index in [1.165, 1.54) is 25.0 Å². The van der Waals surface area contributed by atoms with E-state index in [2.05, 4.69) is 6.92 Å². The average Bonchev–Trinajstić information content (AvgIpc) is 2.97. The van der Waals surface area contributed by atoms with Crippen molar-refractivity contribution >= 4 is 30.1 Å². The van der Waals surface area contributed by atoms with Crippen molar-refractivity contribution in [2.24, 2.45) is 11.7 Å². The molecule has 0 heterocycles. The van der Waals surface area contributed by atoms with Crippen molar-refractivity contribution in [3.05, 3.63) is 0 Å². The van der Waals surface area contributed by atoms with Gasteiger partial charge in [0.05, 0.1) is 0 Å². The number of carbonyl (C=O) groups excluding carboxylic acids is 1. The molecule has 0 aromatic carbocycles. The summed E-state index contributed by atoms with van der Waals surface area (Å²) in [6, 6.07) is 0.720. The molecule has 2 aliphatic carbocycles. The zero-order valence-corrected chi connectivity index (χ0v) is 13.6. The van der Waals surface area contributed by atoms with Crippen LogP contribution in [0.5, 0.6) is 0 Å². The van der Waals surface area contributed by atoms with Gasteiger partial charge in [-0.1, -0.05) is 6.92 Å². The van der Waals surface area contributed by atoms with Gasteiger partial charge in [-0.3, -0.25) is 4.79 Å². The van der Waals surface area contributed by atoms with E-state index in [0.29, 0.717) is 11.9 Å². The van der Waals surface area contributed by atoms with Crippen molar-refractivity contribution in [3.63, 3.8) is 0 Å². The molecule has 0 spiro atoms. The summed E-state index contributed by atoms with van der Waals surface area (Å²) in [5, 5.41) is 0.765. The Morgan fingerprint density at radius 1 is 1.26 bits per heavy atom. The molecule has 2 rings (SSSR count). The molecular formula is C14H27ClN2OS. The van der Waals surface area contributed by atoms with Gasteiger partial charge < -0.3 is 10.6 Å². The van der Waals surface area contributed by atoms with Crippen LogP contribution in [0.2, 0.25) is 0 Å². The minimum absolute atomic E-state index is 0. The number of rotatable bonds is 4. The topological polar surface area (TPSA) is 46.3 Å². The minimum Gasteiger partial charge on any atom is -0.342 e. The first-order valence-corrected chi connectivity index (χ1v) is 8.30. The number of nitrogens with two attached hydrogens (primary N) is 1. The zero-order valence-electron chi connectivity index (χ0n) is 12.0. The average molecular weight is 307 g/mol. The molecule has 0 aromatic heterocycles. The molecular weight excluding hydrogens is 280 g/mol. The lowest BCUT2D eigenvalue weighted by Crippen LogP contribution is -2.39. The minimum atomic E-state index is 0. The standard InChI is InChI=1S/C14H26N2OS.ClH/c1-3-18-13-7-6-12(9-13)16(2)14(17)10-4-5-11(15)8-10;/h10-13H,3-9,15H2,1-2H3;1H. The maximum Gasteiger partial charge on any atom is 0.225 e. The number of carbonyl (C=O) groups is 1. The fourth-order valence-electron chi connectivity index (χ4n) is 3.36. The van der Waals surface area contributed by atoms with Gasteiger partial charge in [-0.2, -0.15) is 11.8 Å². The van der Waals surface area contributed by atoms with Crippen molar-refractivity contribution < 1.29 is 4.79 Å². The highest BCUT2D eigenvalue weighted by Gasteiger charge is 2.35. The second kappa shape index (κ2) is 7.75. The maximum atomic E-state index is 12.4. The van der Waals surface area contributed by atoms with E-state index in [-0.39, 0.29) is 24.4 Å². The van der Waals surface area contributed by atoms with Crippen LogP contribution in [0.15, 0.2) is 0 Å². The van der Waals surface area contributed by atoms with Gasteiger partial charge >= 0.3 is 0 Å². The van der Waals surface area contributed by atoms with Gasteiger partial charge in [-0.05, 0) is 44.3 Å². The van der Waals surface area contributed by atoms with Gasteiger partial charge in [0.25, 0.3) is 0 Å². The van der Waals surface area contributed by atoms with Crippen molar-refractivity contribution in [2.75, 3.05) is 12.8 Å². The third-order valence-corrected chi connectivity index (χ3v) is 5.71. The number of nitrogens with zero attached hydrogens (tertiary/aromatic N) is 1. The Hall–Kier alpha value is 0.0700. The quantitative estimate of drug-likeness (QED) is 0.868. The summed E-state index contributed by atoms with van der Waals surface area (Å²) in [6.45, 7) is 2.22. The number of amides is 1. The molecule has 2 N–H and O–H groups in total. The second-order valence-corrected chi connectivity index (χ2v) is 7.34. The summed E-state index contributed by atoms with van der Waals surface area (Å²) in [6.07, 6.45) is 6.53. The largest absolute Gasteiger partial charge is 0.342 e. The Labute approximate surface area is 127 Å². The molecule has 0 saturated heterocycles. The molecule has 0 aromatic rings. The SMILES string of the molecule is CCSC1CCC(N(C)C(=O)C2CCC(N)C2)C1.Cl. The van der Waals surface area contributed by atoms with E-state index < -0.39 is 0 Å². The van der Waals surface area contributed by atoms with Crippen molar-refractivity contribution in [1.82, 2.24) is 4.90 Å². The van der Waals surface area contributed by atoms with Gasteiger partial charge in [0.2, 0.25) is 5.91 Å². The maximum absolute atomic E-state index is 12.4. The zero-order chi connectivity index (χ0) is 13.1. The Bertz CT molecular complexity index is 303.